The van der Waals surface area contributed by atoms with E-state index in [1.54, 1.807) is 4.68 Å². The van der Waals surface area contributed by atoms with Crippen LogP contribution in [-0.2, 0) is 4.79 Å². The summed E-state index contributed by atoms with van der Waals surface area (Å²) in [4.78, 5) is 29.9. The molecular weight excluding hydrogens is 438 g/mol. The summed E-state index contributed by atoms with van der Waals surface area (Å²) in [7, 11) is 0. The normalized spacial score (nSPS) is 14.0. The molecule has 7 nitrogen and oxygen atoms in total. The Balaban J connectivity index is 1.28. The second-order valence-corrected chi connectivity index (χ2v) is 8.52. The summed E-state index contributed by atoms with van der Waals surface area (Å²) in [6, 6.07) is 29.0. The van der Waals surface area contributed by atoms with Crippen LogP contribution in [0.2, 0.25) is 0 Å². The zero-order valence-corrected chi connectivity index (χ0v) is 19.4. The van der Waals surface area contributed by atoms with Crippen molar-refractivity contribution in [3.63, 3.8) is 0 Å². The van der Waals surface area contributed by atoms with Gasteiger partial charge >= 0.3 is 0 Å². The average molecular weight is 466 g/mol. The van der Waals surface area contributed by atoms with Crippen molar-refractivity contribution < 1.29 is 9.59 Å². The largest absolute Gasteiger partial charge is 0.336 e. The lowest BCUT2D eigenvalue weighted by molar-refractivity contribution is -0.117. The van der Waals surface area contributed by atoms with Crippen molar-refractivity contribution in [3.05, 3.63) is 103 Å². The van der Waals surface area contributed by atoms with E-state index in [2.05, 4.69) is 10.2 Å². The highest BCUT2D eigenvalue weighted by Gasteiger charge is 2.27. The molecular formula is C28H27N5O2. The van der Waals surface area contributed by atoms with E-state index < -0.39 is 0 Å². The number of piperazine rings is 1. The van der Waals surface area contributed by atoms with E-state index in [1.807, 2.05) is 102 Å². The Morgan fingerprint density at radius 1 is 0.771 bits per heavy atom. The number of amides is 2. The summed E-state index contributed by atoms with van der Waals surface area (Å²) in [5.74, 6) is -0.0918. The van der Waals surface area contributed by atoms with E-state index in [-0.39, 0.29) is 11.8 Å². The van der Waals surface area contributed by atoms with Crippen LogP contribution in [0.5, 0.6) is 0 Å². The quantitative estimate of drug-likeness (QED) is 0.468. The number of para-hydroxylation sites is 2. The predicted molar refractivity (Wildman–Crippen MR) is 136 cm³/mol. The van der Waals surface area contributed by atoms with Crippen LogP contribution in [0.25, 0.3) is 16.9 Å². The fourth-order valence-electron chi connectivity index (χ4n) is 4.26. The number of aromatic nitrogens is 2. The highest BCUT2D eigenvalue weighted by molar-refractivity contribution is 6.00. The maximum atomic E-state index is 13.6. The molecule has 2 amide bonds. The van der Waals surface area contributed by atoms with E-state index in [9.17, 15) is 9.59 Å². The first-order valence-electron chi connectivity index (χ1n) is 11.7. The molecule has 0 unspecified atom stereocenters. The molecule has 0 aliphatic carbocycles. The van der Waals surface area contributed by atoms with Crippen molar-refractivity contribution in [1.82, 2.24) is 19.6 Å². The number of hydrogen-bond donors (Lipinski definition) is 1. The van der Waals surface area contributed by atoms with Crippen molar-refractivity contribution in [1.29, 1.82) is 0 Å². The molecule has 4 aromatic rings. The topological polar surface area (TPSA) is 70.5 Å². The fraction of sp³-hybridized carbons (Fsp3) is 0.179. The predicted octanol–water partition coefficient (Wildman–Crippen LogP) is 3.94. The molecule has 5 rings (SSSR count). The Hall–Kier alpha value is -4.23. The fourth-order valence-corrected chi connectivity index (χ4v) is 4.26. The van der Waals surface area contributed by atoms with Crippen molar-refractivity contribution in [2.45, 2.75) is 0 Å². The highest BCUT2D eigenvalue weighted by Crippen LogP contribution is 2.25. The van der Waals surface area contributed by atoms with Crippen LogP contribution in [-0.4, -0.2) is 64.1 Å². The first-order chi connectivity index (χ1) is 17.2. The minimum Gasteiger partial charge on any atom is -0.336 e. The molecule has 0 bridgehead atoms. The monoisotopic (exact) mass is 465 g/mol. The number of carbonyl (C=O) groups is 2. The number of anilines is 1. The average Bonchev–Trinajstić information content (AvgIpc) is 3.36. The minimum absolute atomic E-state index is 0.0422. The summed E-state index contributed by atoms with van der Waals surface area (Å²) in [6.45, 7) is 2.70. The van der Waals surface area contributed by atoms with Gasteiger partial charge in [0.25, 0.3) is 5.91 Å². The smallest absolute Gasteiger partial charge is 0.257 e. The van der Waals surface area contributed by atoms with E-state index >= 15 is 0 Å². The van der Waals surface area contributed by atoms with Crippen LogP contribution in [0.15, 0.2) is 97.2 Å². The molecule has 7 heteroatoms. The molecule has 0 atom stereocenters. The van der Waals surface area contributed by atoms with Crippen molar-refractivity contribution in [2.75, 3.05) is 38.0 Å². The molecule has 1 fully saturated rings. The molecule has 35 heavy (non-hydrogen) atoms. The molecule has 0 spiro atoms. The number of hydrogen-bond acceptors (Lipinski definition) is 4. The summed E-state index contributed by atoms with van der Waals surface area (Å²) in [5, 5.41) is 7.69. The van der Waals surface area contributed by atoms with Gasteiger partial charge in [0, 0.05) is 43.6 Å². The Labute approximate surface area is 204 Å². The maximum Gasteiger partial charge on any atom is 0.257 e. The Bertz CT molecular complexity index is 1280. The van der Waals surface area contributed by atoms with E-state index in [0.29, 0.717) is 44.0 Å². The zero-order chi connectivity index (χ0) is 24.0. The van der Waals surface area contributed by atoms with E-state index in [4.69, 9.17) is 5.10 Å². The van der Waals surface area contributed by atoms with E-state index in [1.165, 1.54) is 0 Å². The molecule has 1 aromatic heterocycles. The lowest BCUT2D eigenvalue weighted by Crippen LogP contribution is -2.50. The molecule has 0 saturated carbocycles. The van der Waals surface area contributed by atoms with Gasteiger partial charge in [-0.3, -0.25) is 14.5 Å². The van der Waals surface area contributed by atoms with Crippen molar-refractivity contribution in [2.24, 2.45) is 0 Å². The maximum absolute atomic E-state index is 13.6. The summed E-state index contributed by atoms with van der Waals surface area (Å²) >= 11 is 0. The molecule has 176 valence electrons. The Morgan fingerprint density at radius 2 is 1.37 bits per heavy atom. The van der Waals surface area contributed by atoms with Crippen LogP contribution >= 0.6 is 0 Å². The van der Waals surface area contributed by atoms with Gasteiger partial charge in [-0.2, -0.15) is 5.10 Å². The van der Waals surface area contributed by atoms with Gasteiger partial charge < -0.3 is 10.2 Å². The van der Waals surface area contributed by atoms with Gasteiger partial charge in [0.05, 0.1) is 17.8 Å². The van der Waals surface area contributed by atoms with Crippen LogP contribution in [0.4, 0.5) is 5.69 Å². The Kier molecular flexibility index (Phi) is 6.68. The van der Waals surface area contributed by atoms with Crippen LogP contribution in [0.1, 0.15) is 10.4 Å². The third kappa shape index (κ3) is 5.31. The number of rotatable bonds is 6. The third-order valence-electron chi connectivity index (χ3n) is 6.10. The van der Waals surface area contributed by atoms with Gasteiger partial charge in [0.1, 0.15) is 5.69 Å². The standard InChI is InChI=1S/C28H27N5O2/c34-26(29-23-12-6-2-7-13-23)21-31-16-18-32(19-17-31)28(35)25-20-33(24-14-8-3-9-15-24)30-27(25)22-10-4-1-5-11-22/h1-15,20H,16-19,21H2,(H,29,34). The molecule has 1 N–H and O–H groups in total. The summed E-state index contributed by atoms with van der Waals surface area (Å²) < 4.78 is 1.76. The van der Waals surface area contributed by atoms with Gasteiger partial charge in [-0.15, -0.1) is 0 Å². The molecule has 1 saturated heterocycles. The molecule has 0 radical (unpaired) electrons. The summed E-state index contributed by atoms with van der Waals surface area (Å²) in [5.41, 5.74) is 3.84. The second kappa shape index (κ2) is 10.4. The van der Waals surface area contributed by atoms with Gasteiger partial charge in [-0.25, -0.2) is 4.68 Å². The molecule has 3 aromatic carbocycles. The van der Waals surface area contributed by atoms with Gasteiger partial charge in [-0.1, -0.05) is 66.7 Å². The van der Waals surface area contributed by atoms with Gasteiger partial charge in [0.15, 0.2) is 0 Å². The number of nitrogens with one attached hydrogen (secondary N) is 1. The second-order valence-electron chi connectivity index (χ2n) is 8.52. The first-order valence-corrected chi connectivity index (χ1v) is 11.7. The molecule has 1 aliphatic rings. The van der Waals surface area contributed by atoms with Crippen LogP contribution in [0, 0.1) is 0 Å². The lowest BCUT2D eigenvalue weighted by atomic mass is 10.1. The first kappa shape index (κ1) is 22.6. The lowest BCUT2D eigenvalue weighted by Gasteiger charge is -2.34. The SMILES string of the molecule is O=C(CN1CCN(C(=O)c2cn(-c3ccccc3)nc2-c2ccccc2)CC1)Nc1ccccc1. The number of carbonyl (C=O) groups excluding carboxylic acids is 2. The highest BCUT2D eigenvalue weighted by atomic mass is 16.2. The van der Waals surface area contributed by atoms with Gasteiger partial charge in [0.2, 0.25) is 5.91 Å². The number of benzene rings is 3. The number of nitrogens with zero attached hydrogens (tertiary/aromatic N) is 4. The zero-order valence-electron chi connectivity index (χ0n) is 19.4. The summed E-state index contributed by atoms with van der Waals surface area (Å²) in [6.07, 6.45) is 1.82. The van der Waals surface area contributed by atoms with Crippen molar-refractivity contribution >= 4 is 17.5 Å². The Morgan fingerprint density at radius 3 is 2.03 bits per heavy atom. The van der Waals surface area contributed by atoms with Crippen LogP contribution in [0.3, 0.4) is 0 Å². The molecule has 2 heterocycles. The van der Waals surface area contributed by atoms with Crippen LogP contribution < -0.4 is 5.32 Å². The minimum atomic E-state index is -0.0496. The van der Waals surface area contributed by atoms with Gasteiger partial charge in [-0.05, 0) is 24.3 Å². The third-order valence-corrected chi connectivity index (χ3v) is 6.10. The molecule has 1 aliphatic heterocycles. The van der Waals surface area contributed by atoms with Crippen molar-refractivity contribution in [3.8, 4) is 16.9 Å². The van der Waals surface area contributed by atoms with E-state index in [0.717, 1.165) is 16.9 Å².